The lowest BCUT2D eigenvalue weighted by molar-refractivity contribution is -0.167. The Morgan fingerprint density at radius 3 is 0.857 bits per heavy atom. The molecule has 77 heavy (non-hydrogen) atoms. The molecule has 0 aromatic carbocycles. The first-order chi connectivity index (χ1) is 38.0. The van der Waals surface area contributed by atoms with Gasteiger partial charge in [0.25, 0.3) is 0 Å². The fourth-order valence-corrected chi connectivity index (χ4v) is 9.40. The predicted octanol–water partition coefficient (Wildman–Crippen LogP) is 22.7. The maximum atomic E-state index is 12.9. The number of allylic oxidation sites excluding steroid dienone is 14. The van der Waals surface area contributed by atoms with Crippen LogP contribution in [0.15, 0.2) is 85.1 Å². The smallest absolute Gasteiger partial charge is 0.306 e. The van der Waals surface area contributed by atoms with Crippen LogP contribution < -0.4 is 0 Å². The summed E-state index contributed by atoms with van der Waals surface area (Å²) in [4.78, 5) is 38.3. The van der Waals surface area contributed by atoms with Gasteiger partial charge < -0.3 is 14.2 Å². The number of esters is 3. The van der Waals surface area contributed by atoms with E-state index in [1.54, 1.807) is 0 Å². The third-order valence-corrected chi connectivity index (χ3v) is 14.4. The molecule has 1 unspecified atom stereocenters. The topological polar surface area (TPSA) is 78.9 Å². The summed E-state index contributed by atoms with van der Waals surface area (Å²) in [6.07, 6.45) is 86.0. The molecular formula is C71H124O6. The Morgan fingerprint density at radius 1 is 0.273 bits per heavy atom. The van der Waals surface area contributed by atoms with Crippen molar-refractivity contribution in [3.8, 4) is 0 Å². The Kier molecular flexibility index (Phi) is 62.2. The molecule has 0 aliphatic heterocycles. The van der Waals surface area contributed by atoms with E-state index in [-0.39, 0.29) is 31.1 Å². The summed E-state index contributed by atoms with van der Waals surface area (Å²) < 4.78 is 16.9. The second-order valence-electron chi connectivity index (χ2n) is 22.0. The molecule has 0 radical (unpaired) electrons. The molecule has 0 amide bonds. The van der Waals surface area contributed by atoms with Gasteiger partial charge in [0.1, 0.15) is 13.2 Å². The zero-order chi connectivity index (χ0) is 55.7. The fourth-order valence-electron chi connectivity index (χ4n) is 9.40. The zero-order valence-electron chi connectivity index (χ0n) is 51.0. The van der Waals surface area contributed by atoms with Gasteiger partial charge in [-0.3, -0.25) is 14.4 Å². The van der Waals surface area contributed by atoms with Crippen LogP contribution in [0, 0.1) is 0 Å². The summed E-state index contributed by atoms with van der Waals surface area (Å²) in [5, 5.41) is 0. The van der Waals surface area contributed by atoms with Crippen molar-refractivity contribution in [2.75, 3.05) is 13.2 Å². The first-order valence-electron chi connectivity index (χ1n) is 33.1. The lowest BCUT2D eigenvalue weighted by atomic mass is 10.0. The molecule has 0 rings (SSSR count). The minimum Gasteiger partial charge on any atom is -0.462 e. The van der Waals surface area contributed by atoms with Gasteiger partial charge in [0, 0.05) is 19.3 Å². The van der Waals surface area contributed by atoms with Crippen LogP contribution in [0.2, 0.25) is 0 Å². The van der Waals surface area contributed by atoms with Crippen LogP contribution in [0.3, 0.4) is 0 Å². The van der Waals surface area contributed by atoms with E-state index >= 15 is 0 Å². The SMILES string of the molecule is CC/C=C\C/C=C\C/C=C\C/C=C\CCCCC(=O)OCC(COC(=O)CCCCCCCCCCCCCCC/C=C\CCCCCCCCCC)OC(=O)CCCCCCCCCCC/C=C\C/C=C\CCCCC. The first-order valence-corrected chi connectivity index (χ1v) is 33.1. The van der Waals surface area contributed by atoms with Crippen molar-refractivity contribution < 1.29 is 28.6 Å². The lowest BCUT2D eigenvalue weighted by Crippen LogP contribution is -2.30. The molecule has 0 heterocycles. The van der Waals surface area contributed by atoms with Crippen LogP contribution in [0.5, 0.6) is 0 Å². The standard InChI is InChI=1S/C71H124O6/c1-4-7-10-13-16-19-22-25-28-30-32-33-34-35-36-37-39-40-43-46-49-52-55-58-61-64-70(73)76-67-68(66-75-69(72)63-60-57-54-51-48-45-42-27-24-21-18-15-12-9-6-3)77-71(74)65-62-59-56-53-50-47-44-41-38-31-29-26-23-20-17-14-11-8-5-2/h9,12,17-18,20-21,26-27,29-30,32,42,48,51,68H,4-8,10-11,13-16,19,22-25,28,31,33-41,43-47,49-50,52-67H2,1-3H3/b12-9-,20-17-,21-18-,29-26-,32-30-,42-27-,51-48-. The summed E-state index contributed by atoms with van der Waals surface area (Å²) in [6.45, 7) is 6.50. The number of carbonyl (C=O) groups excluding carboxylic acids is 3. The van der Waals surface area contributed by atoms with Crippen molar-refractivity contribution in [1.82, 2.24) is 0 Å². The summed E-state index contributed by atoms with van der Waals surface area (Å²) in [5.41, 5.74) is 0. The van der Waals surface area contributed by atoms with E-state index in [0.29, 0.717) is 19.3 Å². The summed E-state index contributed by atoms with van der Waals surface area (Å²) in [5.74, 6) is -0.925. The van der Waals surface area contributed by atoms with Gasteiger partial charge >= 0.3 is 17.9 Å². The molecule has 444 valence electrons. The molecular weight excluding hydrogens is 949 g/mol. The maximum absolute atomic E-state index is 12.9. The average molecular weight is 1070 g/mol. The highest BCUT2D eigenvalue weighted by atomic mass is 16.6. The van der Waals surface area contributed by atoms with Crippen LogP contribution in [0.25, 0.3) is 0 Å². The average Bonchev–Trinajstić information content (AvgIpc) is 3.43. The highest BCUT2D eigenvalue weighted by molar-refractivity contribution is 5.71. The number of hydrogen-bond donors (Lipinski definition) is 0. The van der Waals surface area contributed by atoms with Crippen molar-refractivity contribution in [2.24, 2.45) is 0 Å². The molecule has 0 bridgehead atoms. The van der Waals surface area contributed by atoms with E-state index in [1.807, 2.05) is 0 Å². The second-order valence-corrected chi connectivity index (χ2v) is 22.0. The summed E-state index contributed by atoms with van der Waals surface area (Å²) in [6, 6.07) is 0. The van der Waals surface area contributed by atoms with E-state index in [1.165, 1.54) is 199 Å². The number of unbranched alkanes of at least 4 members (excludes halogenated alkanes) is 35. The molecule has 0 aromatic rings. The van der Waals surface area contributed by atoms with Gasteiger partial charge in [-0.1, -0.05) is 279 Å². The molecule has 0 N–H and O–H groups in total. The molecule has 0 saturated heterocycles. The van der Waals surface area contributed by atoms with E-state index in [0.717, 1.165) is 89.9 Å². The Morgan fingerprint density at radius 2 is 0.506 bits per heavy atom. The van der Waals surface area contributed by atoms with E-state index in [2.05, 4.69) is 106 Å². The molecule has 1 atom stereocenters. The Hall–Kier alpha value is -3.41. The van der Waals surface area contributed by atoms with E-state index in [9.17, 15) is 14.4 Å². The Labute approximate surface area is 477 Å². The third-order valence-electron chi connectivity index (χ3n) is 14.4. The van der Waals surface area contributed by atoms with Crippen molar-refractivity contribution >= 4 is 17.9 Å². The van der Waals surface area contributed by atoms with Crippen molar-refractivity contribution in [3.63, 3.8) is 0 Å². The number of rotatable bonds is 60. The highest BCUT2D eigenvalue weighted by Crippen LogP contribution is 2.17. The van der Waals surface area contributed by atoms with Crippen LogP contribution >= 0.6 is 0 Å². The highest BCUT2D eigenvalue weighted by Gasteiger charge is 2.19. The van der Waals surface area contributed by atoms with Gasteiger partial charge in [-0.15, -0.1) is 0 Å². The predicted molar refractivity (Wildman–Crippen MR) is 334 cm³/mol. The third kappa shape index (κ3) is 63.3. The minimum atomic E-state index is -0.797. The van der Waals surface area contributed by atoms with E-state index in [4.69, 9.17) is 14.2 Å². The maximum Gasteiger partial charge on any atom is 0.306 e. The van der Waals surface area contributed by atoms with Crippen molar-refractivity contribution in [3.05, 3.63) is 85.1 Å². The van der Waals surface area contributed by atoms with Crippen LogP contribution in [0.1, 0.15) is 329 Å². The number of carbonyl (C=O) groups is 3. The first kappa shape index (κ1) is 73.6. The van der Waals surface area contributed by atoms with Crippen molar-refractivity contribution in [2.45, 2.75) is 335 Å². The summed E-state index contributed by atoms with van der Waals surface area (Å²) >= 11 is 0. The minimum absolute atomic E-state index is 0.0900. The molecule has 6 heteroatoms. The molecule has 0 aliphatic rings. The van der Waals surface area contributed by atoms with Crippen LogP contribution in [-0.2, 0) is 28.6 Å². The molecule has 0 aromatic heterocycles. The molecule has 0 saturated carbocycles. The monoisotopic (exact) mass is 1070 g/mol. The molecule has 6 nitrogen and oxygen atoms in total. The van der Waals surface area contributed by atoms with Gasteiger partial charge in [0.15, 0.2) is 6.10 Å². The largest absolute Gasteiger partial charge is 0.462 e. The van der Waals surface area contributed by atoms with Gasteiger partial charge in [0.05, 0.1) is 0 Å². The van der Waals surface area contributed by atoms with Gasteiger partial charge in [-0.25, -0.2) is 0 Å². The molecule has 0 spiro atoms. The lowest BCUT2D eigenvalue weighted by Gasteiger charge is -2.18. The normalized spacial score (nSPS) is 12.6. The van der Waals surface area contributed by atoms with Crippen molar-refractivity contribution in [1.29, 1.82) is 0 Å². The van der Waals surface area contributed by atoms with Gasteiger partial charge in [-0.05, 0) is 116 Å². The quantitative estimate of drug-likeness (QED) is 0.0261. The molecule has 0 fully saturated rings. The Bertz CT molecular complexity index is 1470. The number of hydrogen-bond acceptors (Lipinski definition) is 6. The van der Waals surface area contributed by atoms with E-state index < -0.39 is 6.10 Å². The van der Waals surface area contributed by atoms with Crippen LogP contribution in [-0.4, -0.2) is 37.2 Å². The van der Waals surface area contributed by atoms with Gasteiger partial charge in [-0.2, -0.15) is 0 Å². The summed E-state index contributed by atoms with van der Waals surface area (Å²) in [7, 11) is 0. The van der Waals surface area contributed by atoms with Gasteiger partial charge in [0.2, 0.25) is 0 Å². The fraction of sp³-hybridized carbons (Fsp3) is 0.761. The Balaban J connectivity index is 4.34. The zero-order valence-corrected chi connectivity index (χ0v) is 51.0. The second kappa shape index (κ2) is 65.1. The molecule has 0 aliphatic carbocycles. The number of ether oxygens (including phenoxy) is 3. The van der Waals surface area contributed by atoms with Crippen LogP contribution in [0.4, 0.5) is 0 Å².